The van der Waals surface area contributed by atoms with E-state index in [4.69, 9.17) is 10.5 Å². The first-order valence-electron chi connectivity index (χ1n) is 6.33. The number of fused-ring (bicyclic) bond motifs is 1. The fraction of sp³-hybridized carbons (Fsp3) is 0.462. The van der Waals surface area contributed by atoms with Gasteiger partial charge in [-0.25, -0.2) is 0 Å². The van der Waals surface area contributed by atoms with Crippen LogP contribution in [0.5, 0.6) is 0 Å². The van der Waals surface area contributed by atoms with E-state index in [1.54, 1.807) is 18.4 Å². The Morgan fingerprint density at radius 2 is 2.47 bits per heavy atom. The summed E-state index contributed by atoms with van der Waals surface area (Å²) in [4.78, 5) is 17.4. The molecule has 0 radical (unpaired) electrons. The number of aromatic nitrogens is 1. The molecule has 3 heterocycles. The van der Waals surface area contributed by atoms with Gasteiger partial charge in [-0.05, 0) is 23.9 Å². The highest BCUT2D eigenvalue weighted by molar-refractivity contribution is 7.17. The molecule has 1 fully saturated rings. The molecule has 0 saturated carbocycles. The highest BCUT2D eigenvalue weighted by atomic mass is 32.1. The summed E-state index contributed by atoms with van der Waals surface area (Å²) in [6, 6.07) is 3.92. The van der Waals surface area contributed by atoms with Gasteiger partial charge in [0, 0.05) is 26.2 Å². The lowest BCUT2D eigenvalue weighted by Crippen LogP contribution is -2.53. The van der Waals surface area contributed by atoms with Crippen molar-refractivity contribution in [3.8, 4) is 0 Å². The molecule has 102 valence electrons. The zero-order valence-electron chi connectivity index (χ0n) is 10.8. The molecule has 0 spiro atoms. The number of carbonyl (C=O) groups excluding carboxylic acids is 1. The first-order chi connectivity index (χ1) is 9.19. The van der Waals surface area contributed by atoms with Crippen molar-refractivity contribution in [3.63, 3.8) is 0 Å². The third kappa shape index (κ3) is 2.27. The number of carbonyl (C=O) groups is 1. The van der Waals surface area contributed by atoms with Crippen LogP contribution in [0, 0.1) is 0 Å². The van der Waals surface area contributed by atoms with Gasteiger partial charge in [0.25, 0.3) is 5.91 Å². The van der Waals surface area contributed by atoms with E-state index >= 15 is 0 Å². The van der Waals surface area contributed by atoms with Crippen LogP contribution in [-0.2, 0) is 4.74 Å². The number of H-pyrrole nitrogens is 1. The lowest BCUT2D eigenvalue weighted by molar-refractivity contribution is 0.0160. The van der Waals surface area contributed by atoms with Gasteiger partial charge < -0.3 is 20.4 Å². The fourth-order valence-electron chi connectivity index (χ4n) is 2.50. The van der Waals surface area contributed by atoms with Crippen LogP contribution < -0.4 is 5.73 Å². The zero-order valence-corrected chi connectivity index (χ0v) is 11.6. The van der Waals surface area contributed by atoms with E-state index in [1.165, 1.54) is 0 Å². The number of likely N-dealkylation sites (tertiary alicyclic amines) is 1. The summed E-state index contributed by atoms with van der Waals surface area (Å²) >= 11 is 1.63. The average molecular weight is 279 g/mol. The number of piperidine rings is 1. The average Bonchev–Trinajstić information content (AvgIpc) is 2.99. The maximum atomic E-state index is 12.4. The Morgan fingerprint density at radius 1 is 1.63 bits per heavy atom. The minimum Gasteiger partial charge on any atom is -0.378 e. The van der Waals surface area contributed by atoms with Gasteiger partial charge in [0.05, 0.1) is 16.3 Å². The lowest BCUT2D eigenvalue weighted by atomic mass is 10.0. The van der Waals surface area contributed by atoms with Crippen LogP contribution in [0.1, 0.15) is 16.9 Å². The molecule has 0 unspecified atom stereocenters. The Kier molecular flexibility index (Phi) is 3.30. The number of aromatic amines is 1. The van der Waals surface area contributed by atoms with E-state index in [-0.39, 0.29) is 18.1 Å². The van der Waals surface area contributed by atoms with Crippen LogP contribution in [0.15, 0.2) is 17.5 Å². The van der Waals surface area contributed by atoms with E-state index in [1.807, 2.05) is 22.4 Å². The molecule has 1 saturated heterocycles. The van der Waals surface area contributed by atoms with Gasteiger partial charge in [-0.1, -0.05) is 0 Å². The second-order valence-corrected chi connectivity index (χ2v) is 5.81. The molecule has 19 heavy (non-hydrogen) atoms. The highest BCUT2D eigenvalue weighted by Gasteiger charge is 2.30. The maximum absolute atomic E-state index is 12.4. The first kappa shape index (κ1) is 12.7. The standard InChI is InChI=1S/C13H17N3O2S/c1-18-11-7-16(4-2-8(11)14)13(17)10-6-12-9(15-10)3-5-19-12/h3,5-6,8,11,15H,2,4,7,14H2,1H3/t8-,11+/m1/s1. The second kappa shape index (κ2) is 4.96. The maximum Gasteiger partial charge on any atom is 0.270 e. The van der Waals surface area contributed by atoms with Crippen molar-refractivity contribution in [3.05, 3.63) is 23.2 Å². The van der Waals surface area contributed by atoms with Crippen molar-refractivity contribution in [2.45, 2.75) is 18.6 Å². The summed E-state index contributed by atoms with van der Waals surface area (Å²) < 4.78 is 6.45. The van der Waals surface area contributed by atoms with Gasteiger partial charge in [0.2, 0.25) is 0 Å². The Bertz CT molecular complexity index is 563. The van der Waals surface area contributed by atoms with Crippen molar-refractivity contribution in [1.82, 2.24) is 9.88 Å². The summed E-state index contributed by atoms with van der Waals surface area (Å²) in [6.45, 7) is 1.25. The van der Waals surface area contributed by atoms with E-state index in [9.17, 15) is 4.79 Å². The number of amides is 1. The topological polar surface area (TPSA) is 71.3 Å². The number of hydrogen-bond donors (Lipinski definition) is 2. The molecule has 5 nitrogen and oxygen atoms in total. The largest absolute Gasteiger partial charge is 0.378 e. The number of thiophene rings is 1. The van der Waals surface area contributed by atoms with Crippen LogP contribution in [0.2, 0.25) is 0 Å². The monoisotopic (exact) mass is 279 g/mol. The molecular formula is C13H17N3O2S. The third-order valence-corrected chi connectivity index (χ3v) is 4.53. The highest BCUT2D eigenvalue weighted by Crippen LogP contribution is 2.23. The van der Waals surface area contributed by atoms with Crippen LogP contribution in [-0.4, -0.2) is 48.1 Å². The van der Waals surface area contributed by atoms with Crippen LogP contribution in [0.4, 0.5) is 0 Å². The normalized spacial score (nSPS) is 24.0. The Hall–Kier alpha value is -1.37. The molecule has 3 N–H and O–H groups in total. The van der Waals surface area contributed by atoms with Gasteiger partial charge in [0.1, 0.15) is 5.69 Å². The number of ether oxygens (including phenoxy) is 1. The molecule has 2 aromatic rings. The molecular weight excluding hydrogens is 262 g/mol. The van der Waals surface area contributed by atoms with Gasteiger partial charge in [-0.3, -0.25) is 4.79 Å². The predicted molar refractivity (Wildman–Crippen MR) is 75.5 cm³/mol. The number of nitrogens with two attached hydrogens (primary N) is 1. The summed E-state index contributed by atoms with van der Waals surface area (Å²) in [5.74, 6) is 0.0253. The third-order valence-electron chi connectivity index (χ3n) is 3.67. The van der Waals surface area contributed by atoms with Gasteiger partial charge in [0.15, 0.2) is 0 Å². The summed E-state index contributed by atoms with van der Waals surface area (Å²) in [6.07, 6.45) is 0.702. The predicted octanol–water partition coefficient (Wildman–Crippen LogP) is 1.42. The summed E-state index contributed by atoms with van der Waals surface area (Å²) in [5, 5.41) is 2.01. The van der Waals surface area contributed by atoms with Crippen LogP contribution >= 0.6 is 11.3 Å². The molecule has 6 heteroatoms. The summed E-state index contributed by atoms with van der Waals surface area (Å²) in [7, 11) is 1.64. The quantitative estimate of drug-likeness (QED) is 0.873. The number of nitrogens with one attached hydrogen (secondary N) is 1. The Morgan fingerprint density at radius 3 is 3.21 bits per heavy atom. The molecule has 0 aromatic carbocycles. The molecule has 1 aliphatic rings. The van der Waals surface area contributed by atoms with Crippen molar-refractivity contribution in [2.75, 3.05) is 20.2 Å². The van der Waals surface area contributed by atoms with Crippen LogP contribution in [0.3, 0.4) is 0 Å². The lowest BCUT2D eigenvalue weighted by Gasteiger charge is -2.35. The Labute approximate surface area is 115 Å². The molecule has 2 atom stereocenters. The molecule has 0 aliphatic carbocycles. The minimum absolute atomic E-state index is 0.0150. The minimum atomic E-state index is -0.0752. The number of nitrogens with zero attached hydrogens (tertiary/aromatic N) is 1. The van der Waals surface area contributed by atoms with Gasteiger partial charge in [-0.15, -0.1) is 11.3 Å². The fourth-order valence-corrected chi connectivity index (χ4v) is 3.28. The van der Waals surface area contributed by atoms with E-state index in [0.717, 1.165) is 16.6 Å². The van der Waals surface area contributed by atoms with E-state index < -0.39 is 0 Å². The van der Waals surface area contributed by atoms with Crippen molar-refractivity contribution in [1.29, 1.82) is 0 Å². The molecule has 0 bridgehead atoms. The smallest absolute Gasteiger partial charge is 0.270 e. The molecule has 1 aliphatic heterocycles. The number of hydrogen-bond acceptors (Lipinski definition) is 4. The van der Waals surface area contributed by atoms with Gasteiger partial charge in [-0.2, -0.15) is 0 Å². The molecule has 1 amide bonds. The van der Waals surface area contributed by atoms with Gasteiger partial charge >= 0.3 is 0 Å². The zero-order chi connectivity index (χ0) is 13.4. The number of rotatable bonds is 2. The Balaban J connectivity index is 1.78. The van der Waals surface area contributed by atoms with Crippen LogP contribution in [0.25, 0.3) is 10.2 Å². The second-order valence-electron chi connectivity index (χ2n) is 4.86. The summed E-state index contributed by atoms with van der Waals surface area (Å²) in [5.41, 5.74) is 7.63. The first-order valence-corrected chi connectivity index (χ1v) is 7.21. The molecule has 3 rings (SSSR count). The van der Waals surface area contributed by atoms with Crippen molar-refractivity contribution in [2.24, 2.45) is 5.73 Å². The SMILES string of the molecule is CO[C@H]1CN(C(=O)c2cc3sccc3[nH]2)CC[C@H]1N. The van der Waals surface area contributed by atoms with Crippen molar-refractivity contribution >= 4 is 27.5 Å². The molecule has 2 aromatic heterocycles. The van der Waals surface area contributed by atoms with E-state index in [2.05, 4.69) is 4.98 Å². The number of methoxy groups -OCH3 is 1. The van der Waals surface area contributed by atoms with Crippen molar-refractivity contribution < 1.29 is 9.53 Å². The van der Waals surface area contributed by atoms with E-state index in [0.29, 0.717) is 18.8 Å².